The van der Waals surface area contributed by atoms with E-state index in [4.69, 9.17) is 16.3 Å². The van der Waals surface area contributed by atoms with Crippen LogP contribution in [0.3, 0.4) is 0 Å². The van der Waals surface area contributed by atoms with Crippen LogP contribution in [0.4, 0.5) is 4.79 Å². The van der Waals surface area contributed by atoms with Crippen molar-refractivity contribution in [1.82, 2.24) is 10.2 Å². The van der Waals surface area contributed by atoms with Gasteiger partial charge in [0.1, 0.15) is 13.2 Å². The van der Waals surface area contributed by atoms with Crippen molar-refractivity contribution >= 4 is 18.0 Å². The van der Waals surface area contributed by atoms with Crippen LogP contribution in [0.25, 0.3) is 11.1 Å². The Bertz CT molecular complexity index is 997. The van der Waals surface area contributed by atoms with Crippen LogP contribution in [0.1, 0.15) is 36.8 Å². The molecule has 0 spiro atoms. The third kappa shape index (κ3) is 5.27. The molecule has 7 nitrogen and oxygen atoms in total. The molecule has 1 unspecified atom stereocenters. The first kappa shape index (κ1) is 22.9. The van der Waals surface area contributed by atoms with E-state index >= 15 is 0 Å². The summed E-state index contributed by atoms with van der Waals surface area (Å²) in [6.45, 7) is 1.41. The standard InChI is InChI=1S/C25H26N2O5/c1-3-13-27(15-24(29)30)23(28)14-17(4-2)26-25(31)32-16-22-20-11-7-5-9-18(20)19-10-6-8-12-21(19)22/h1,5-12,17,22H,4,13-16H2,2H3,(H,26,31)(H,29,30). The highest BCUT2D eigenvalue weighted by molar-refractivity contribution is 5.82. The zero-order chi connectivity index (χ0) is 23.1. The van der Waals surface area contributed by atoms with Crippen LogP contribution in [0.5, 0.6) is 0 Å². The van der Waals surface area contributed by atoms with Gasteiger partial charge in [-0.3, -0.25) is 9.59 Å². The van der Waals surface area contributed by atoms with E-state index in [1.807, 2.05) is 43.3 Å². The molecule has 2 N–H and O–H groups in total. The summed E-state index contributed by atoms with van der Waals surface area (Å²) in [5.41, 5.74) is 4.51. The van der Waals surface area contributed by atoms with Gasteiger partial charge in [0.25, 0.3) is 0 Å². The highest BCUT2D eigenvalue weighted by Crippen LogP contribution is 2.44. The quantitative estimate of drug-likeness (QED) is 0.591. The summed E-state index contributed by atoms with van der Waals surface area (Å²) < 4.78 is 5.52. The normalized spacial score (nSPS) is 12.8. The summed E-state index contributed by atoms with van der Waals surface area (Å²) in [5, 5.41) is 11.7. The number of fused-ring (bicyclic) bond motifs is 3. The zero-order valence-corrected chi connectivity index (χ0v) is 17.9. The fraction of sp³-hybridized carbons (Fsp3) is 0.320. The van der Waals surface area contributed by atoms with E-state index in [0.29, 0.717) is 6.42 Å². The molecule has 32 heavy (non-hydrogen) atoms. The second kappa shape index (κ2) is 10.5. The minimum Gasteiger partial charge on any atom is -0.480 e. The van der Waals surface area contributed by atoms with Crippen molar-refractivity contribution in [1.29, 1.82) is 0 Å². The third-order valence-corrected chi connectivity index (χ3v) is 5.54. The first-order valence-corrected chi connectivity index (χ1v) is 10.5. The minimum atomic E-state index is -1.15. The molecule has 3 rings (SSSR count). The van der Waals surface area contributed by atoms with Gasteiger partial charge >= 0.3 is 12.1 Å². The molecule has 1 atom stereocenters. The largest absolute Gasteiger partial charge is 0.480 e. The average molecular weight is 434 g/mol. The summed E-state index contributed by atoms with van der Waals surface area (Å²) in [7, 11) is 0. The van der Waals surface area contributed by atoms with Gasteiger partial charge in [-0.25, -0.2) is 4.79 Å². The Morgan fingerprint density at radius 3 is 2.25 bits per heavy atom. The SMILES string of the molecule is C#CCN(CC(=O)O)C(=O)CC(CC)NC(=O)OCC1c2ccccc2-c2ccccc21. The first-order valence-electron chi connectivity index (χ1n) is 10.5. The number of rotatable bonds is 9. The molecule has 2 amide bonds. The molecule has 0 radical (unpaired) electrons. The maximum atomic E-state index is 12.5. The van der Waals surface area contributed by atoms with Crippen molar-refractivity contribution in [2.75, 3.05) is 19.7 Å². The maximum absolute atomic E-state index is 12.5. The number of carboxylic acids is 1. The maximum Gasteiger partial charge on any atom is 0.407 e. The van der Waals surface area contributed by atoms with Crippen LogP contribution >= 0.6 is 0 Å². The van der Waals surface area contributed by atoms with Crippen molar-refractivity contribution in [2.24, 2.45) is 0 Å². The van der Waals surface area contributed by atoms with E-state index in [-0.39, 0.29) is 25.5 Å². The molecule has 2 aromatic rings. The lowest BCUT2D eigenvalue weighted by Gasteiger charge is -2.22. The van der Waals surface area contributed by atoms with Gasteiger partial charge in [-0.2, -0.15) is 0 Å². The predicted molar refractivity (Wildman–Crippen MR) is 120 cm³/mol. The van der Waals surface area contributed by atoms with Crippen molar-refractivity contribution in [3.63, 3.8) is 0 Å². The van der Waals surface area contributed by atoms with Crippen LogP contribution in [0.15, 0.2) is 48.5 Å². The second-order valence-corrected chi connectivity index (χ2v) is 7.63. The molecule has 0 aliphatic heterocycles. The van der Waals surface area contributed by atoms with Crippen molar-refractivity contribution in [3.8, 4) is 23.5 Å². The number of carbonyl (C=O) groups excluding carboxylic acids is 2. The van der Waals surface area contributed by atoms with Crippen molar-refractivity contribution < 1.29 is 24.2 Å². The Hall–Kier alpha value is -3.79. The van der Waals surface area contributed by atoms with E-state index in [0.717, 1.165) is 27.2 Å². The Morgan fingerprint density at radius 1 is 1.12 bits per heavy atom. The van der Waals surface area contributed by atoms with Crippen LogP contribution < -0.4 is 5.32 Å². The van der Waals surface area contributed by atoms with Gasteiger partial charge in [0.2, 0.25) is 5.91 Å². The van der Waals surface area contributed by atoms with Crippen molar-refractivity contribution in [3.05, 3.63) is 59.7 Å². The molecule has 0 saturated heterocycles. The zero-order valence-electron chi connectivity index (χ0n) is 17.9. The lowest BCUT2D eigenvalue weighted by atomic mass is 9.98. The molecule has 0 fully saturated rings. The Kier molecular flexibility index (Phi) is 7.50. The molecule has 2 aromatic carbocycles. The third-order valence-electron chi connectivity index (χ3n) is 5.54. The smallest absolute Gasteiger partial charge is 0.407 e. The number of carboxylic acid groups (broad SMARTS) is 1. The lowest BCUT2D eigenvalue weighted by Crippen LogP contribution is -2.42. The summed E-state index contributed by atoms with van der Waals surface area (Å²) in [6.07, 6.45) is 5.03. The van der Waals surface area contributed by atoms with Crippen LogP contribution in [0.2, 0.25) is 0 Å². The molecule has 0 heterocycles. The Labute approximate surface area is 187 Å². The molecule has 1 aliphatic carbocycles. The fourth-order valence-electron chi connectivity index (χ4n) is 3.95. The monoisotopic (exact) mass is 434 g/mol. The van der Waals surface area contributed by atoms with Gasteiger partial charge < -0.3 is 20.1 Å². The molecular formula is C25H26N2O5. The van der Waals surface area contributed by atoms with Crippen LogP contribution in [-0.2, 0) is 14.3 Å². The van der Waals surface area contributed by atoms with Gasteiger partial charge in [0, 0.05) is 18.4 Å². The van der Waals surface area contributed by atoms with Gasteiger partial charge in [-0.15, -0.1) is 6.42 Å². The van der Waals surface area contributed by atoms with E-state index in [9.17, 15) is 14.4 Å². The lowest BCUT2D eigenvalue weighted by molar-refractivity contribution is -0.144. The number of alkyl carbamates (subject to hydrolysis) is 1. The number of benzene rings is 2. The van der Waals surface area contributed by atoms with Crippen LogP contribution in [0, 0.1) is 12.3 Å². The first-order chi connectivity index (χ1) is 15.4. The Morgan fingerprint density at radius 2 is 1.72 bits per heavy atom. The number of carbonyl (C=O) groups is 3. The predicted octanol–water partition coefficient (Wildman–Crippen LogP) is 3.24. The van der Waals surface area contributed by atoms with Gasteiger partial charge in [-0.1, -0.05) is 61.4 Å². The summed E-state index contributed by atoms with van der Waals surface area (Å²) in [5.74, 6) is 0.644. The number of nitrogens with zero attached hydrogens (tertiary/aromatic N) is 1. The average Bonchev–Trinajstić information content (AvgIpc) is 3.10. The number of terminal acetylenes is 1. The topological polar surface area (TPSA) is 95.9 Å². The van der Waals surface area contributed by atoms with Gasteiger partial charge in [0.05, 0.1) is 6.54 Å². The summed E-state index contributed by atoms with van der Waals surface area (Å²) >= 11 is 0. The van der Waals surface area contributed by atoms with Crippen molar-refractivity contribution in [2.45, 2.75) is 31.7 Å². The molecule has 1 aliphatic rings. The number of amides is 2. The molecule has 7 heteroatoms. The minimum absolute atomic E-state index is 0.0588. The second-order valence-electron chi connectivity index (χ2n) is 7.63. The summed E-state index contributed by atoms with van der Waals surface area (Å²) in [4.78, 5) is 36.9. The van der Waals surface area contributed by atoms with Crippen LogP contribution in [-0.4, -0.2) is 53.7 Å². The van der Waals surface area contributed by atoms with Gasteiger partial charge in [0.15, 0.2) is 0 Å². The molecule has 0 bridgehead atoms. The van der Waals surface area contributed by atoms with E-state index in [1.54, 1.807) is 0 Å². The fourth-order valence-corrected chi connectivity index (χ4v) is 3.95. The molecule has 0 saturated carbocycles. The Balaban J connectivity index is 1.60. The molecular weight excluding hydrogens is 408 g/mol. The highest BCUT2D eigenvalue weighted by atomic mass is 16.5. The molecule has 0 aromatic heterocycles. The molecule has 166 valence electrons. The number of aliphatic carboxylic acids is 1. The van der Waals surface area contributed by atoms with E-state index in [2.05, 4.69) is 23.4 Å². The van der Waals surface area contributed by atoms with E-state index in [1.165, 1.54) is 0 Å². The highest BCUT2D eigenvalue weighted by Gasteiger charge is 2.29. The number of hydrogen-bond donors (Lipinski definition) is 2. The number of nitrogens with one attached hydrogen (secondary N) is 1. The summed E-state index contributed by atoms with van der Waals surface area (Å²) in [6, 6.07) is 15.6. The number of hydrogen-bond acceptors (Lipinski definition) is 4. The number of ether oxygens (including phenoxy) is 1. The van der Waals surface area contributed by atoms with Gasteiger partial charge in [-0.05, 0) is 28.7 Å². The van der Waals surface area contributed by atoms with E-state index < -0.39 is 30.6 Å².